The van der Waals surface area contributed by atoms with Crippen LogP contribution in [0.25, 0.3) is 0 Å². The van der Waals surface area contributed by atoms with Crippen LogP contribution >= 0.6 is 0 Å². The van der Waals surface area contributed by atoms with Crippen LogP contribution in [0.2, 0.25) is 0 Å². The average Bonchev–Trinajstić information content (AvgIpc) is 2.39. The summed E-state index contributed by atoms with van der Waals surface area (Å²) in [5.41, 5.74) is 2.66. The molecule has 0 aliphatic carbocycles. The molecule has 0 radical (unpaired) electrons. The van der Waals surface area contributed by atoms with Gasteiger partial charge in [-0.3, -0.25) is 0 Å². The largest absolute Gasteiger partial charge is 0.383 e. The lowest BCUT2D eigenvalue weighted by Crippen LogP contribution is -2.45. The molecule has 1 aliphatic heterocycles. The molecule has 1 aromatic carbocycles. The monoisotopic (exact) mass is 261 g/mol. The van der Waals surface area contributed by atoms with E-state index in [1.807, 2.05) is 0 Å². The van der Waals surface area contributed by atoms with Crippen molar-refractivity contribution in [2.75, 3.05) is 45.1 Å². The number of nitrogens with one attached hydrogen (secondary N) is 1. The van der Waals surface area contributed by atoms with Crippen LogP contribution in [0.3, 0.4) is 0 Å². The lowest BCUT2D eigenvalue weighted by molar-refractivity contribution is 0.155. The van der Waals surface area contributed by atoms with E-state index in [-0.39, 0.29) is 0 Å². The number of hydrogen-bond acceptors (Lipinski definition) is 3. The fourth-order valence-electron chi connectivity index (χ4n) is 2.46. The molecule has 1 fully saturated rings. The first-order chi connectivity index (χ1) is 9.13. The van der Waals surface area contributed by atoms with Crippen LogP contribution in [0.15, 0.2) is 24.3 Å². The maximum atomic E-state index is 3.43. The zero-order valence-corrected chi connectivity index (χ0v) is 12.5. The van der Waals surface area contributed by atoms with E-state index in [0.717, 1.165) is 6.42 Å². The molecular weight excluding hydrogens is 234 g/mol. The Morgan fingerprint density at radius 3 is 2.26 bits per heavy atom. The van der Waals surface area contributed by atoms with Crippen molar-refractivity contribution in [1.29, 1.82) is 0 Å². The SMILES string of the molecule is CC(C)Nc1ccc(CCN2CCN(C)CC2)cc1. The molecule has 19 heavy (non-hydrogen) atoms. The smallest absolute Gasteiger partial charge is 0.0342 e. The van der Waals surface area contributed by atoms with Gasteiger partial charge in [-0.2, -0.15) is 0 Å². The summed E-state index contributed by atoms with van der Waals surface area (Å²) in [7, 11) is 2.21. The topological polar surface area (TPSA) is 18.5 Å². The second kappa shape index (κ2) is 6.92. The van der Waals surface area contributed by atoms with Gasteiger partial charge in [-0.05, 0) is 45.0 Å². The molecule has 1 N–H and O–H groups in total. The predicted molar refractivity (Wildman–Crippen MR) is 82.8 cm³/mol. The molecule has 0 amide bonds. The molecule has 0 spiro atoms. The maximum absolute atomic E-state index is 3.43. The summed E-state index contributed by atoms with van der Waals surface area (Å²) < 4.78 is 0. The van der Waals surface area contributed by atoms with Crippen molar-refractivity contribution in [2.24, 2.45) is 0 Å². The highest BCUT2D eigenvalue weighted by atomic mass is 15.2. The van der Waals surface area contributed by atoms with Crippen LogP contribution in [0, 0.1) is 0 Å². The normalized spacial score (nSPS) is 17.9. The summed E-state index contributed by atoms with van der Waals surface area (Å²) >= 11 is 0. The quantitative estimate of drug-likeness (QED) is 0.877. The number of piperazine rings is 1. The number of rotatable bonds is 5. The molecule has 1 heterocycles. The number of likely N-dealkylation sites (N-methyl/N-ethyl adjacent to an activating group) is 1. The number of anilines is 1. The summed E-state index contributed by atoms with van der Waals surface area (Å²) in [6, 6.07) is 9.39. The van der Waals surface area contributed by atoms with Gasteiger partial charge in [0, 0.05) is 44.5 Å². The van der Waals surface area contributed by atoms with Crippen LogP contribution in [0.5, 0.6) is 0 Å². The summed E-state index contributed by atoms with van der Waals surface area (Å²) in [5.74, 6) is 0. The van der Waals surface area contributed by atoms with E-state index < -0.39 is 0 Å². The molecule has 0 unspecified atom stereocenters. The van der Waals surface area contributed by atoms with E-state index in [1.165, 1.54) is 44.0 Å². The summed E-state index contributed by atoms with van der Waals surface area (Å²) in [6.45, 7) is 10.4. The Bertz CT molecular complexity index is 364. The third-order valence-electron chi connectivity index (χ3n) is 3.72. The fourth-order valence-corrected chi connectivity index (χ4v) is 2.46. The Balaban J connectivity index is 1.76. The molecule has 106 valence electrons. The van der Waals surface area contributed by atoms with Crippen LogP contribution in [-0.2, 0) is 6.42 Å². The zero-order chi connectivity index (χ0) is 13.7. The molecule has 1 aliphatic rings. The van der Waals surface area contributed by atoms with Crippen molar-refractivity contribution < 1.29 is 0 Å². The molecule has 3 heteroatoms. The lowest BCUT2D eigenvalue weighted by Gasteiger charge is -2.32. The Morgan fingerprint density at radius 1 is 1.05 bits per heavy atom. The van der Waals surface area contributed by atoms with E-state index in [2.05, 4.69) is 60.3 Å². The Labute approximate surface area is 117 Å². The van der Waals surface area contributed by atoms with E-state index in [0.29, 0.717) is 6.04 Å². The molecule has 0 bridgehead atoms. The van der Waals surface area contributed by atoms with E-state index in [4.69, 9.17) is 0 Å². The Kier molecular flexibility index (Phi) is 5.23. The van der Waals surface area contributed by atoms with Gasteiger partial charge in [-0.15, -0.1) is 0 Å². The minimum atomic E-state index is 0.496. The number of hydrogen-bond donors (Lipinski definition) is 1. The molecule has 2 rings (SSSR count). The van der Waals surface area contributed by atoms with E-state index in [1.54, 1.807) is 0 Å². The second-order valence-corrected chi connectivity index (χ2v) is 5.89. The first-order valence-electron chi connectivity index (χ1n) is 7.40. The van der Waals surface area contributed by atoms with Crippen LogP contribution < -0.4 is 5.32 Å². The second-order valence-electron chi connectivity index (χ2n) is 5.89. The highest BCUT2D eigenvalue weighted by molar-refractivity contribution is 5.45. The van der Waals surface area contributed by atoms with Gasteiger partial charge in [-0.1, -0.05) is 12.1 Å². The van der Waals surface area contributed by atoms with Gasteiger partial charge in [0.05, 0.1) is 0 Å². The van der Waals surface area contributed by atoms with Gasteiger partial charge in [0.25, 0.3) is 0 Å². The Morgan fingerprint density at radius 2 is 1.68 bits per heavy atom. The first kappa shape index (κ1) is 14.4. The molecule has 3 nitrogen and oxygen atoms in total. The Hall–Kier alpha value is -1.06. The molecular formula is C16H27N3. The standard InChI is InChI=1S/C16H27N3/c1-14(2)17-16-6-4-15(5-7-16)8-9-19-12-10-18(3)11-13-19/h4-7,14,17H,8-13H2,1-3H3. The first-order valence-corrected chi connectivity index (χ1v) is 7.40. The molecule has 1 aromatic rings. The van der Waals surface area contributed by atoms with Gasteiger partial charge < -0.3 is 15.1 Å². The average molecular weight is 261 g/mol. The van der Waals surface area contributed by atoms with Crippen molar-refractivity contribution in [3.05, 3.63) is 29.8 Å². The summed E-state index contributed by atoms with van der Waals surface area (Å²) in [4.78, 5) is 4.98. The number of nitrogens with zero attached hydrogens (tertiary/aromatic N) is 2. The predicted octanol–water partition coefficient (Wildman–Crippen LogP) is 2.30. The third kappa shape index (κ3) is 4.84. The minimum absolute atomic E-state index is 0.496. The third-order valence-corrected chi connectivity index (χ3v) is 3.72. The molecule has 1 saturated heterocycles. The van der Waals surface area contributed by atoms with E-state index >= 15 is 0 Å². The van der Waals surface area contributed by atoms with Crippen LogP contribution in [0.4, 0.5) is 5.69 Å². The lowest BCUT2D eigenvalue weighted by atomic mass is 10.1. The fraction of sp³-hybridized carbons (Fsp3) is 0.625. The van der Waals surface area contributed by atoms with Crippen molar-refractivity contribution in [2.45, 2.75) is 26.3 Å². The van der Waals surface area contributed by atoms with Crippen molar-refractivity contribution in [1.82, 2.24) is 9.80 Å². The highest BCUT2D eigenvalue weighted by Gasteiger charge is 2.12. The maximum Gasteiger partial charge on any atom is 0.0342 e. The molecule has 0 atom stereocenters. The number of benzene rings is 1. The van der Waals surface area contributed by atoms with Gasteiger partial charge in [0.15, 0.2) is 0 Å². The van der Waals surface area contributed by atoms with Crippen molar-refractivity contribution >= 4 is 5.69 Å². The zero-order valence-electron chi connectivity index (χ0n) is 12.5. The van der Waals surface area contributed by atoms with E-state index in [9.17, 15) is 0 Å². The van der Waals surface area contributed by atoms with Crippen LogP contribution in [0.1, 0.15) is 19.4 Å². The van der Waals surface area contributed by atoms with Crippen molar-refractivity contribution in [3.8, 4) is 0 Å². The summed E-state index contributed by atoms with van der Waals surface area (Å²) in [5, 5.41) is 3.43. The van der Waals surface area contributed by atoms with Gasteiger partial charge in [0.1, 0.15) is 0 Å². The van der Waals surface area contributed by atoms with Gasteiger partial charge in [-0.25, -0.2) is 0 Å². The van der Waals surface area contributed by atoms with Gasteiger partial charge >= 0.3 is 0 Å². The van der Waals surface area contributed by atoms with Crippen LogP contribution in [-0.4, -0.2) is 55.6 Å². The molecule has 0 aromatic heterocycles. The van der Waals surface area contributed by atoms with Crippen molar-refractivity contribution in [3.63, 3.8) is 0 Å². The minimum Gasteiger partial charge on any atom is -0.383 e. The highest BCUT2D eigenvalue weighted by Crippen LogP contribution is 2.12. The molecule has 0 saturated carbocycles. The van der Waals surface area contributed by atoms with Gasteiger partial charge in [0.2, 0.25) is 0 Å². The summed E-state index contributed by atoms with van der Waals surface area (Å²) in [6.07, 6.45) is 1.16.